The van der Waals surface area contributed by atoms with Crippen molar-refractivity contribution in [1.29, 1.82) is 0 Å². The minimum absolute atomic E-state index is 0.0145. The topological polar surface area (TPSA) is 350 Å². The molecule has 0 aliphatic carbocycles. The molecular weight excluding hydrogens is 1570 g/mol. The van der Waals surface area contributed by atoms with E-state index in [4.69, 9.17) is 78.4 Å². The van der Waals surface area contributed by atoms with Gasteiger partial charge in [-0.15, -0.1) is 40.8 Å². The number of carboxylic acid groups (broad SMARTS) is 4. The molecule has 0 fully saturated rings. The van der Waals surface area contributed by atoms with Gasteiger partial charge in [-0.3, -0.25) is 0 Å². The van der Waals surface area contributed by atoms with Gasteiger partial charge in [-0.1, -0.05) is 224 Å². The molecule has 0 aliphatic heterocycles. The second-order valence-corrected chi connectivity index (χ2v) is 28.0. The third-order valence-electron chi connectivity index (χ3n) is 15.8. The number of para-hydroxylation sites is 4. The van der Waals surface area contributed by atoms with E-state index in [2.05, 4.69) is 61.2 Å². The lowest BCUT2D eigenvalue weighted by atomic mass is 10.1. The lowest BCUT2D eigenvalue weighted by molar-refractivity contribution is 0.0679. The van der Waals surface area contributed by atoms with Gasteiger partial charge in [0.05, 0.1) is 42.8 Å². The van der Waals surface area contributed by atoms with Crippen LogP contribution in [0.3, 0.4) is 0 Å². The Bertz CT molecular complexity index is 5810. The summed E-state index contributed by atoms with van der Waals surface area (Å²) in [6.45, 7) is 7.92. The van der Waals surface area contributed by atoms with Crippen LogP contribution in [0.15, 0.2) is 215 Å². The predicted octanol–water partition coefficient (Wildman–Crippen LogP) is 19.2. The number of carboxylic acids is 4. The third-order valence-corrected chi connectivity index (χ3v) is 19.8. The molecule has 0 spiro atoms. The Hall–Kier alpha value is -12.4. The van der Waals surface area contributed by atoms with Crippen molar-refractivity contribution in [2.75, 3.05) is 0 Å². The molecule has 0 saturated heterocycles. The summed E-state index contributed by atoms with van der Waals surface area (Å²) >= 11 is 40.4. The van der Waals surface area contributed by atoms with Crippen LogP contribution in [0.2, 0.25) is 30.1 Å². The smallest absolute Gasteiger partial charge is 0.358 e. The quantitative estimate of drug-likeness (QED) is 0.0698. The molecule has 0 saturated carbocycles. The van der Waals surface area contributed by atoms with E-state index in [0.29, 0.717) is 80.8 Å². The van der Waals surface area contributed by atoms with Crippen LogP contribution in [-0.2, 0) is 0 Å². The second kappa shape index (κ2) is 33.0. The monoisotopic (exact) mass is 1620 g/mol. The highest BCUT2D eigenvalue weighted by molar-refractivity contribution is 7.18. The molecule has 8 aromatic heterocycles. The maximum absolute atomic E-state index is 11.6. The van der Waals surface area contributed by atoms with Crippen molar-refractivity contribution in [3.8, 4) is 111 Å². The van der Waals surface area contributed by atoms with Crippen molar-refractivity contribution in [3.63, 3.8) is 0 Å². The lowest BCUT2D eigenvalue weighted by Crippen LogP contribution is -2.03. The average Bonchev–Trinajstić information content (AvgIpc) is 1.64. The highest BCUT2D eigenvalue weighted by atomic mass is 35.5. The summed E-state index contributed by atoms with van der Waals surface area (Å²) in [5.74, 6) is -4.02. The van der Waals surface area contributed by atoms with Gasteiger partial charge in [0.25, 0.3) is 11.8 Å². The highest BCUT2D eigenvalue weighted by Gasteiger charge is 2.31. The number of aromatic nitrogens is 16. The molecule has 16 rings (SSSR count). The van der Waals surface area contributed by atoms with Gasteiger partial charge in [0, 0.05) is 34.4 Å². The van der Waals surface area contributed by atoms with Crippen LogP contribution < -0.4 is 0 Å². The molecular formula is C76H50Cl6N16O10S2. The molecule has 0 bridgehead atoms. The average molecular weight is 1620 g/mol. The van der Waals surface area contributed by atoms with Crippen LogP contribution in [0.5, 0.6) is 0 Å². The van der Waals surface area contributed by atoms with Crippen LogP contribution in [0.4, 0.5) is 0 Å². The number of halogens is 6. The highest BCUT2D eigenvalue weighted by Crippen LogP contribution is 2.41. The largest absolute Gasteiger partial charge is 0.476 e. The van der Waals surface area contributed by atoms with E-state index in [0.717, 1.165) is 49.5 Å². The van der Waals surface area contributed by atoms with E-state index in [-0.39, 0.29) is 56.2 Å². The van der Waals surface area contributed by atoms with Gasteiger partial charge in [-0.2, -0.15) is 20.4 Å². The number of hydrogen-bond donors (Lipinski definition) is 4. The van der Waals surface area contributed by atoms with Gasteiger partial charge in [-0.05, 0) is 113 Å². The standard InChI is InChI=1S/C19H12Cl2N4O3.C19H12Cl2N4O2S.C19H13ClN4O3.C19H13ClN4O2S/c2*1-10-5-4-6-11(9-10)17-22-23-18(28-17)16-14(21)15(19(26)27)24-25(16)13-8-3-2-7-12(13)20;2*1-11-5-4-6-12(9-11)17-21-22-18(27-17)16-10-14(19(25)26)23-24(16)15-8-3-2-7-13(15)20/h2*2-9H,1H3,(H,26,27);2*2-10H,1H3,(H,25,26). The number of benzene rings is 8. The first-order chi connectivity index (χ1) is 53.0. The van der Waals surface area contributed by atoms with Gasteiger partial charge < -0.3 is 29.3 Å². The molecule has 0 radical (unpaired) electrons. The van der Waals surface area contributed by atoms with E-state index >= 15 is 0 Å². The number of aromatic carboxylic acids is 4. The number of carbonyl (C=O) groups is 4. The summed E-state index contributed by atoms with van der Waals surface area (Å²) < 4.78 is 17.1. The summed E-state index contributed by atoms with van der Waals surface area (Å²) in [5.41, 5.74) is 10.2. The van der Waals surface area contributed by atoms with Gasteiger partial charge >= 0.3 is 23.9 Å². The number of rotatable bonds is 16. The van der Waals surface area contributed by atoms with Gasteiger partial charge in [0.1, 0.15) is 37.1 Å². The second-order valence-electron chi connectivity index (χ2n) is 23.7. The molecule has 0 aliphatic rings. The first-order valence-electron chi connectivity index (χ1n) is 32.3. The van der Waals surface area contributed by atoms with Crippen molar-refractivity contribution in [3.05, 3.63) is 281 Å². The first kappa shape index (κ1) is 75.8. The van der Waals surface area contributed by atoms with E-state index < -0.39 is 23.9 Å². The maximum Gasteiger partial charge on any atom is 0.358 e. The normalized spacial score (nSPS) is 10.9. The molecule has 26 nitrogen and oxygen atoms in total. The van der Waals surface area contributed by atoms with Crippen LogP contribution in [0.1, 0.15) is 64.2 Å². The van der Waals surface area contributed by atoms with E-state index in [1.165, 1.54) is 53.5 Å². The van der Waals surface area contributed by atoms with Crippen molar-refractivity contribution in [2.45, 2.75) is 27.7 Å². The van der Waals surface area contributed by atoms with Crippen LogP contribution in [-0.4, -0.2) is 124 Å². The third kappa shape index (κ3) is 16.5. The Labute approximate surface area is 660 Å². The van der Waals surface area contributed by atoms with Crippen molar-refractivity contribution < 1.29 is 48.4 Å². The molecule has 16 aromatic rings. The minimum atomic E-state index is -1.28. The first-order valence-corrected chi connectivity index (χ1v) is 36.2. The minimum Gasteiger partial charge on any atom is -0.476 e. The maximum atomic E-state index is 11.6. The fraction of sp³-hybridized carbons (Fsp3) is 0.0526. The Balaban J connectivity index is 0.000000129. The Morgan fingerprint density at radius 2 is 0.645 bits per heavy atom. The zero-order valence-corrected chi connectivity index (χ0v) is 63.3. The summed E-state index contributed by atoms with van der Waals surface area (Å²) in [5, 5.41) is 91.3. The summed E-state index contributed by atoms with van der Waals surface area (Å²) in [7, 11) is 0. The van der Waals surface area contributed by atoms with Crippen LogP contribution in [0, 0.1) is 27.7 Å². The fourth-order valence-electron chi connectivity index (χ4n) is 10.8. The van der Waals surface area contributed by atoms with E-state index in [1.807, 2.05) is 131 Å². The SMILES string of the molecule is Cc1cccc(-c2nnc(-c3c(Cl)c(C(=O)O)nn3-c3ccccc3Cl)o2)c1.Cc1cccc(-c2nnc(-c3c(Cl)c(C(=O)O)nn3-c3ccccc3Cl)s2)c1.Cc1cccc(-c2nnc(-c3cc(C(=O)O)nn3-c3ccccc3Cl)o2)c1.Cc1cccc(-c2nnc(-c3cc(C(=O)O)nn3-c3ccccc3Cl)s2)c1. The number of hydrogen-bond acceptors (Lipinski definition) is 20. The van der Waals surface area contributed by atoms with Gasteiger partial charge in [0.15, 0.2) is 38.5 Å². The van der Waals surface area contributed by atoms with Crippen molar-refractivity contribution >= 4 is 116 Å². The van der Waals surface area contributed by atoms with Crippen molar-refractivity contribution in [1.82, 2.24) is 79.9 Å². The van der Waals surface area contributed by atoms with Crippen molar-refractivity contribution in [2.24, 2.45) is 0 Å². The molecule has 8 aromatic carbocycles. The van der Waals surface area contributed by atoms with Crippen LogP contribution in [0.25, 0.3) is 111 Å². The fourth-order valence-corrected chi connectivity index (χ4v) is 14.0. The molecule has 34 heteroatoms. The molecule has 0 unspecified atom stereocenters. The zero-order chi connectivity index (χ0) is 77.6. The summed E-state index contributed by atoms with van der Waals surface area (Å²) in [6.07, 6.45) is 0. The molecule has 4 N–H and O–H groups in total. The molecule has 110 heavy (non-hydrogen) atoms. The lowest BCUT2D eigenvalue weighted by Gasteiger charge is -2.07. The Morgan fingerprint density at radius 3 is 1.06 bits per heavy atom. The Morgan fingerprint density at radius 1 is 0.318 bits per heavy atom. The molecule has 548 valence electrons. The number of aryl methyl sites for hydroxylation is 4. The molecule has 8 heterocycles. The van der Waals surface area contributed by atoms with Crippen LogP contribution >= 0.6 is 92.3 Å². The summed E-state index contributed by atoms with van der Waals surface area (Å²) in [4.78, 5) is 46.0. The summed E-state index contributed by atoms with van der Waals surface area (Å²) in [6, 6.07) is 61.7. The number of nitrogens with zero attached hydrogens (tertiary/aromatic N) is 16. The van der Waals surface area contributed by atoms with E-state index in [9.17, 15) is 39.6 Å². The Kier molecular flexibility index (Phi) is 22.8. The molecule has 0 atom stereocenters. The zero-order valence-electron chi connectivity index (χ0n) is 57.1. The van der Waals surface area contributed by atoms with Gasteiger partial charge in [0.2, 0.25) is 11.8 Å². The van der Waals surface area contributed by atoms with E-state index in [1.54, 1.807) is 91.0 Å². The van der Waals surface area contributed by atoms with Gasteiger partial charge in [-0.25, -0.2) is 37.9 Å². The molecule has 0 amide bonds. The predicted molar refractivity (Wildman–Crippen MR) is 417 cm³/mol.